The minimum absolute atomic E-state index is 0.238. The van der Waals surface area contributed by atoms with Gasteiger partial charge in [-0.05, 0) is 47.9 Å². The van der Waals surface area contributed by atoms with Gasteiger partial charge in [0.25, 0.3) is 5.91 Å². The third-order valence-electron chi connectivity index (χ3n) is 4.98. The molecule has 0 spiro atoms. The molecule has 144 valence electrons. The van der Waals surface area contributed by atoms with Crippen molar-refractivity contribution in [2.45, 2.75) is 12.5 Å². The molecule has 2 amide bonds. The molecule has 6 nitrogen and oxygen atoms in total. The smallest absolute Gasteiger partial charge is 0.333 e. The maximum absolute atomic E-state index is 13.1. The molecule has 1 aliphatic rings. The Morgan fingerprint density at radius 1 is 1.14 bits per heavy atom. The number of carbonyl (C=O) groups is 3. The number of nitrogens with zero attached hydrogens (tertiary/aromatic N) is 2. The predicted molar refractivity (Wildman–Crippen MR) is 106 cm³/mol. The van der Waals surface area contributed by atoms with E-state index in [9.17, 15) is 14.4 Å². The fraction of sp³-hybridized carbons (Fsp3) is 0.227. The minimum atomic E-state index is -0.771. The molecule has 0 N–H and O–H groups in total. The molecule has 1 unspecified atom stereocenters. The lowest BCUT2D eigenvalue weighted by Crippen LogP contribution is -2.44. The summed E-state index contributed by atoms with van der Waals surface area (Å²) in [5.74, 6) is -0.958. The summed E-state index contributed by atoms with van der Waals surface area (Å²) in [6.07, 6.45) is 1.90. The molecule has 0 aromatic heterocycles. The van der Waals surface area contributed by atoms with Crippen LogP contribution in [0.3, 0.4) is 0 Å². The number of rotatable bonds is 4. The van der Waals surface area contributed by atoms with Crippen molar-refractivity contribution in [1.82, 2.24) is 4.90 Å². The fourth-order valence-corrected chi connectivity index (χ4v) is 3.41. The molecule has 1 atom stereocenters. The van der Waals surface area contributed by atoms with Crippen LogP contribution in [0, 0.1) is 0 Å². The molecule has 0 fully saturated rings. The Labute approximate surface area is 164 Å². The molecule has 28 heavy (non-hydrogen) atoms. The van der Waals surface area contributed by atoms with Crippen LogP contribution in [-0.2, 0) is 20.7 Å². The van der Waals surface area contributed by atoms with Gasteiger partial charge < -0.3 is 14.5 Å². The first-order chi connectivity index (χ1) is 13.5. The zero-order chi connectivity index (χ0) is 20.3. The maximum Gasteiger partial charge on any atom is 0.333 e. The fourth-order valence-electron chi connectivity index (χ4n) is 3.41. The largest absolute Gasteiger partial charge is 0.467 e. The number of ether oxygens (including phenoxy) is 1. The van der Waals surface area contributed by atoms with Gasteiger partial charge in [-0.15, -0.1) is 0 Å². The van der Waals surface area contributed by atoms with Gasteiger partial charge in [-0.2, -0.15) is 0 Å². The van der Waals surface area contributed by atoms with Gasteiger partial charge in [0.1, 0.15) is 0 Å². The molecule has 0 saturated carbocycles. The van der Waals surface area contributed by atoms with Crippen molar-refractivity contribution >= 4 is 23.5 Å². The molecule has 0 radical (unpaired) electrons. The zero-order valence-corrected chi connectivity index (χ0v) is 15.9. The Kier molecular flexibility index (Phi) is 5.59. The molecule has 1 heterocycles. The highest BCUT2D eigenvalue weighted by Gasteiger charge is 2.36. The van der Waals surface area contributed by atoms with Crippen LogP contribution in [-0.4, -0.2) is 43.4 Å². The second-order valence-electron chi connectivity index (χ2n) is 6.52. The summed E-state index contributed by atoms with van der Waals surface area (Å²) in [6, 6.07) is 13.5. The van der Waals surface area contributed by atoms with Crippen molar-refractivity contribution in [3.63, 3.8) is 0 Å². The van der Waals surface area contributed by atoms with Gasteiger partial charge in [-0.1, -0.05) is 30.8 Å². The Morgan fingerprint density at radius 2 is 1.82 bits per heavy atom. The number of likely N-dealkylation sites (N-methyl/N-ethyl adjacent to an activating group) is 1. The molecule has 0 aliphatic carbocycles. The summed E-state index contributed by atoms with van der Waals surface area (Å²) in [5.41, 5.74) is 2.93. The average molecular weight is 378 g/mol. The summed E-state index contributed by atoms with van der Waals surface area (Å²) in [6.45, 7) is 3.89. The normalized spacial score (nSPS) is 15.4. The molecule has 0 saturated heterocycles. The van der Waals surface area contributed by atoms with Crippen molar-refractivity contribution < 1.29 is 19.1 Å². The van der Waals surface area contributed by atoms with E-state index in [1.54, 1.807) is 36.2 Å². The summed E-state index contributed by atoms with van der Waals surface area (Å²) < 4.78 is 4.97. The summed E-state index contributed by atoms with van der Waals surface area (Å²) in [4.78, 5) is 40.3. The zero-order valence-electron chi connectivity index (χ0n) is 15.9. The van der Waals surface area contributed by atoms with Crippen molar-refractivity contribution in [3.8, 4) is 0 Å². The molecular formula is C22H22N2O4. The van der Waals surface area contributed by atoms with E-state index in [0.717, 1.165) is 11.1 Å². The minimum Gasteiger partial charge on any atom is -0.467 e. The quantitative estimate of drug-likeness (QED) is 0.606. The highest BCUT2D eigenvalue weighted by atomic mass is 16.5. The highest BCUT2D eigenvalue weighted by molar-refractivity contribution is 6.01. The summed E-state index contributed by atoms with van der Waals surface area (Å²) >= 11 is 0. The van der Waals surface area contributed by atoms with Crippen molar-refractivity contribution in [3.05, 3.63) is 77.9 Å². The lowest BCUT2D eigenvalue weighted by atomic mass is 9.92. The molecular weight excluding hydrogens is 356 g/mol. The Bertz CT molecular complexity index is 920. The summed E-state index contributed by atoms with van der Waals surface area (Å²) in [7, 11) is 2.96. The lowest BCUT2D eigenvalue weighted by molar-refractivity contribution is -0.146. The number of hydrogen-bond donors (Lipinski definition) is 0. The standard InChI is InChI=1S/C22H22N2O4/c1-4-19(25)23(2)17-11-9-16(10-12-17)21(26)24-14-13-15-7-5-6-8-18(15)20(24)22(27)28-3/h4-12,20H,1,13-14H2,2-3H3. The van der Waals surface area contributed by atoms with Crippen LogP contribution in [0.2, 0.25) is 0 Å². The number of anilines is 1. The highest BCUT2D eigenvalue weighted by Crippen LogP contribution is 2.32. The van der Waals surface area contributed by atoms with Crippen LogP contribution in [0.1, 0.15) is 27.5 Å². The van der Waals surface area contributed by atoms with E-state index in [1.807, 2.05) is 24.3 Å². The molecule has 1 aliphatic heterocycles. The Hall–Kier alpha value is -3.41. The van der Waals surface area contributed by atoms with E-state index in [0.29, 0.717) is 24.2 Å². The molecule has 3 rings (SSSR count). The van der Waals surface area contributed by atoms with Crippen LogP contribution < -0.4 is 4.90 Å². The van der Waals surface area contributed by atoms with Gasteiger partial charge in [0.2, 0.25) is 5.91 Å². The number of amides is 2. The Morgan fingerprint density at radius 3 is 2.46 bits per heavy atom. The van der Waals surface area contributed by atoms with E-state index in [1.165, 1.54) is 18.1 Å². The molecule has 2 aromatic rings. The second-order valence-corrected chi connectivity index (χ2v) is 6.52. The van der Waals surface area contributed by atoms with Gasteiger partial charge >= 0.3 is 5.97 Å². The second kappa shape index (κ2) is 8.08. The number of hydrogen-bond acceptors (Lipinski definition) is 4. The Balaban J connectivity index is 1.90. The van der Waals surface area contributed by atoms with Crippen LogP contribution in [0.4, 0.5) is 5.69 Å². The molecule has 0 bridgehead atoms. The SMILES string of the molecule is C=CC(=O)N(C)c1ccc(C(=O)N2CCc3ccccc3C2C(=O)OC)cc1. The third-order valence-corrected chi connectivity index (χ3v) is 4.98. The first kappa shape index (κ1) is 19.4. The van der Waals surface area contributed by atoms with Gasteiger partial charge in [0.15, 0.2) is 6.04 Å². The van der Waals surface area contributed by atoms with Gasteiger partial charge in [0.05, 0.1) is 7.11 Å². The third kappa shape index (κ3) is 3.53. The van der Waals surface area contributed by atoms with Gasteiger partial charge in [-0.3, -0.25) is 9.59 Å². The molecule has 6 heteroatoms. The van der Waals surface area contributed by atoms with E-state index in [2.05, 4.69) is 6.58 Å². The van der Waals surface area contributed by atoms with Crippen molar-refractivity contribution in [1.29, 1.82) is 0 Å². The first-order valence-corrected chi connectivity index (χ1v) is 8.94. The number of esters is 1. The van der Waals surface area contributed by atoms with E-state index < -0.39 is 12.0 Å². The van der Waals surface area contributed by atoms with E-state index in [-0.39, 0.29) is 11.8 Å². The monoisotopic (exact) mass is 378 g/mol. The van der Waals surface area contributed by atoms with Gasteiger partial charge in [-0.25, -0.2) is 4.79 Å². The van der Waals surface area contributed by atoms with Crippen LogP contribution >= 0.6 is 0 Å². The van der Waals surface area contributed by atoms with Gasteiger partial charge in [0, 0.05) is 24.8 Å². The van der Waals surface area contributed by atoms with Crippen LogP contribution in [0.5, 0.6) is 0 Å². The number of fused-ring (bicyclic) bond motifs is 1. The van der Waals surface area contributed by atoms with Crippen LogP contribution in [0.15, 0.2) is 61.2 Å². The van der Waals surface area contributed by atoms with Crippen molar-refractivity contribution in [2.24, 2.45) is 0 Å². The topological polar surface area (TPSA) is 66.9 Å². The number of benzene rings is 2. The van der Waals surface area contributed by atoms with Crippen LogP contribution in [0.25, 0.3) is 0 Å². The maximum atomic E-state index is 13.1. The van der Waals surface area contributed by atoms with E-state index >= 15 is 0 Å². The predicted octanol–water partition coefficient (Wildman–Crippen LogP) is 2.75. The summed E-state index contributed by atoms with van der Waals surface area (Å²) in [5, 5.41) is 0. The lowest BCUT2D eigenvalue weighted by Gasteiger charge is -2.35. The number of carbonyl (C=O) groups excluding carboxylic acids is 3. The number of methoxy groups -OCH3 is 1. The van der Waals surface area contributed by atoms with E-state index in [4.69, 9.17) is 4.74 Å². The first-order valence-electron chi connectivity index (χ1n) is 8.94. The molecule has 2 aromatic carbocycles. The van der Waals surface area contributed by atoms with Crippen molar-refractivity contribution in [2.75, 3.05) is 25.6 Å². The average Bonchev–Trinajstić information content (AvgIpc) is 2.76.